The van der Waals surface area contributed by atoms with Crippen LogP contribution in [-0.4, -0.2) is 11.7 Å². The highest BCUT2D eigenvalue weighted by Crippen LogP contribution is 2.50. The summed E-state index contributed by atoms with van der Waals surface area (Å²) in [4.78, 5) is 1.37. The van der Waals surface area contributed by atoms with E-state index < -0.39 is 0 Å². The average Bonchev–Trinajstić information content (AvgIpc) is 2.76. The third kappa shape index (κ3) is 1.33. The van der Waals surface area contributed by atoms with Gasteiger partial charge in [-0.05, 0) is 24.8 Å². The van der Waals surface area contributed by atoms with Crippen molar-refractivity contribution in [3.05, 3.63) is 16.6 Å². The lowest BCUT2D eigenvalue weighted by Crippen LogP contribution is -2.20. The van der Waals surface area contributed by atoms with Gasteiger partial charge >= 0.3 is 0 Å². The van der Waals surface area contributed by atoms with Crippen LogP contribution in [0.4, 0.5) is 0 Å². The van der Waals surface area contributed by atoms with Crippen molar-refractivity contribution in [1.82, 2.24) is 5.16 Å². The minimum Gasteiger partial charge on any atom is -0.355 e. The van der Waals surface area contributed by atoms with Gasteiger partial charge in [-0.3, -0.25) is 0 Å². The lowest BCUT2D eigenvalue weighted by atomic mass is 10.0. The molecule has 16 heavy (non-hydrogen) atoms. The molecule has 4 heteroatoms. The molecule has 0 bridgehead atoms. The Morgan fingerprint density at radius 2 is 2.31 bits per heavy atom. The van der Waals surface area contributed by atoms with Crippen LogP contribution >= 0.6 is 11.3 Å². The van der Waals surface area contributed by atoms with E-state index >= 15 is 0 Å². The predicted octanol–water partition coefficient (Wildman–Crippen LogP) is 3.00. The van der Waals surface area contributed by atoms with Gasteiger partial charge in [-0.15, -0.1) is 11.3 Å². The molecular weight excluding hydrogens is 220 g/mol. The zero-order valence-electron chi connectivity index (χ0n) is 9.62. The Morgan fingerprint density at radius 1 is 1.56 bits per heavy atom. The Bertz CT molecular complexity index is 522. The maximum Gasteiger partial charge on any atom is 0.178 e. The highest BCUT2D eigenvalue weighted by atomic mass is 32.1. The molecule has 2 aromatic heterocycles. The summed E-state index contributed by atoms with van der Waals surface area (Å²) in [5, 5.41) is 4.22. The lowest BCUT2D eigenvalue weighted by molar-refractivity contribution is 0.434. The molecular formula is C12H16N2OS. The van der Waals surface area contributed by atoms with Gasteiger partial charge in [0, 0.05) is 16.8 Å². The Balaban J connectivity index is 2.12. The van der Waals surface area contributed by atoms with Gasteiger partial charge in [-0.1, -0.05) is 19.0 Å². The SMILES string of the molecule is CC(C)c1cc2onc(C3(CN)CC3)c2s1. The van der Waals surface area contributed by atoms with E-state index in [-0.39, 0.29) is 5.41 Å². The summed E-state index contributed by atoms with van der Waals surface area (Å²) in [6, 6.07) is 2.12. The molecule has 0 unspecified atom stereocenters. The van der Waals surface area contributed by atoms with Gasteiger partial charge < -0.3 is 10.3 Å². The van der Waals surface area contributed by atoms with Gasteiger partial charge in [0.05, 0.1) is 4.70 Å². The minimum atomic E-state index is 0.129. The maximum atomic E-state index is 5.84. The number of nitrogens with zero attached hydrogens (tertiary/aromatic N) is 1. The molecule has 0 aromatic carbocycles. The van der Waals surface area contributed by atoms with Crippen molar-refractivity contribution in [2.24, 2.45) is 5.73 Å². The summed E-state index contributed by atoms with van der Waals surface area (Å²) in [6.07, 6.45) is 2.31. The average molecular weight is 236 g/mol. The molecule has 1 fully saturated rings. The molecule has 1 saturated carbocycles. The molecule has 3 rings (SSSR count). The number of thiophene rings is 1. The lowest BCUT2D eigenvalue weighted by Gasteiger charge is -2.06. The molecule has 0 radical (unpaired) electrons. The molecule has 0 amide bonds. The van der Waals surface area contributed by atoms with Gasteiger partial charge in [0.15, 0.2) is 5.58 Å². The molecule has 3 nitrogen and oxygen atoms in total. The Hall–Kier alpha value is -0.870. The number of nitrogens with two attached hydrogens (primary N) is 1. The van der Waals surface area contributed by atoms with Crippen molar-refractivity contribution in [2.75, 3.05) is 6.54 Å². The van der Waals surface area contributed by atoms with Crippen molar-refractivity contribution < 1.29 is 4.52 Å². The molecule has 0 saturated heterocycles. The van der Waals surface area contributed by atoms with E-state index in [9.17, 15) is 0 Å². The van der Waals surface area contributed by atoms with E-state index in [1.54, 1.807) is 0 Å². The molecule has 0 aliphatic heterocycles. The summed E-state index contributed by atoms with van der Waals surface area (Å²) in [5.41, 5.74) is 8.00. The topological polar surface area (TPSA) is 52.0 Å². The van der Waals surface area contributed by atoms with Crippen LogP contribution in [0.15, 0.2) is 10.6 Å². The van der Waals surface area contributed by atoms with Crippen molar-refractivity contribution in [3.63, 3.8) is 0 Å². The second-order valence-corrected chi connectivity index (χ2v) is 6.10. The first-order valence-electron chi connectivity index (χ1n) is 5.76. The van der Waals surface area contributed by atoms with E-state index in [1.165, 1.54) is 9.58 Å². The monoisotopic (exact) mass is 236 g/mol. The first-order chi connectivity index (χ1) is 7.66. The van der Waals surface area contributed by atoms with Crippen LogP contribution in [0.25, 0.3) is 10.3 Å². The van der Waals surface area contributed by atoms with Crippen LogP contribution in [0.5, 0.6) is 0 Å². The first-order valence-corrected chi connectivity index (χ1v) is 6.57. The zero-order valence-corrected chi connectivity index (χ0v) is 10.4. The van der Waals surface area contributed by atoms with Gasteiger partial charge in [-0.25, -0.2) is 0 Å². The van der Waals surface area contributed by atoms with E-state index in [0.717, 1.165) is 24.1 Å². The predicted molar refractivity (Wildman–Crippen MR) is 65.9 cm³/mol. The number of aromatic nitrogens is 1. The van der Waals surface area contributed by atoms with E-state index in [2.05, 4.69) is 25.1 Å². The standard InChI is InChI=1S/C12H16N2OS/c1-7(2)9-5-8-10(16-9)11(14-15-8)12(6-13)3-4-12/h5,7H,3-4,6,13H2,1-2H3. The zero-order chi connectivity index (χ0) is 11.3. The molecule has 1 aliphatic carbocycles. The smallest absolute Gasteiger partial charge is 0.178 e. The van der Waals surface area contributed by atoms with Crippen LogP contribution in [0.1, 0.15) is 43.2 Å². The fourth-order valence-electron chi connectivity index (χ4n) is 2.07. The number of rotatable bonds is 3. The Morgan fingerprint density at radius 3 is 2.88 bits per heavy atom. The molecule has 0 spiro atoms. The van der Waals surface area contributed by atoms with Crippen molar-refractivity contribution >= 4 is 21.6 Å². The maximum absolute atomic E-state index is 5.84. The van der Waals surface area contributed by atoms with Crippen LogP contribution in [0.2, 0.25) is 0 Å². The number of hydrogen-bond acceptors (Lipinski definition) is 4. The van der Waals surface area contributed by atoms with Crippen LogP contribution in [0, 0.1) is 0 Å². The molecule has 0 atom stereocenters. The fraction of sp³-hybridized carbons (Fsp3) is 0.583. The summed E-state index contributed by atoms with van der Waals surface area (Å²) in [5.74, 6) is 0.550. The molecule has 1 aliphatic rings. The highest BCUT2D eigenvalue weighted by molar-refractivity contribution is 7.19. The quantitative estimate of drug-likeness (QED) is 0.891. The van der Waals surface area contributed by atoms with E-state index in [4.69, 9.17) is 10.3 Å². The number of hydrogen-bond donors (Lipinski definition) is 1. The molecule has 2 heterocycles. The second-order valence-electron chi connectivity index (χ2n) is 5.01. The minimum absolute atomic E-state index is 0.129. The van der Waals surface area contributed by atoms with Crippen molar-refractivity contribution in [2.45, 2.75) is 38.0 Å². The third-order valence-electron chi connectivity index (χ3n) is 3.48. The van der Waals surface area contributed by atoms with Crippen LogP contribution < -0.4 is 5.73 Å². The fourth-order valence-corrected chi connectivity index (χ4v) is 3.26. The summed E-state index contributed by atoms with van der Waals surface area (Å²) in [7, 11) is 0. The number of fused-ring (bicyclic) bond motifs is 1. The van der Waals surface area contributed by atoms with Crippen LogP contribution in [-0.2, 0) is 5.41 Å². The molecule has 2 N–H and O–H groups in total. The molecule has 86 valence electrons. The summed E-state index contributed by atoms with van der Waals surface area (Å²) in [6.45, 7) is 5.09. The molecule has 2 aromatic rings. The van der Waals surface area contributed by atoms with Crippen molar-refractivity contribution in [3.8, 4) is 0 Å². The van der Waals surface area contributed by atoms with Gasteiger partial charge in [0.1, 0.15) is 5.69 Å². The van der Waals surface area contributed by atoms with Crippen molar-refractivity contribution in [1.29, 1.82) is 0 Å². The second kappa shape index (κ2) is 3.31. The third-order valence-corrected chi connectivity index (χ3v) is 4.91. The summed E-state index contributed by atoms with van der Waals surface area (Å²) >= 11 is 1.81. The first kappa shape index (κ1) is 10.3. The Labute approximate surface area is 98.6 Å². The normalized spacial score (nSPS) is 18.5. The van der Waals surface area contributed by atoms with Crippen LogP contribution in [0.3, 0.4) is 0 Å². The largest absolute Gasteiger partial charge is 0.355 e. The van der Waals surface area contributed by atoms with Gasteiger partial charge in [0.25, 0.3) is 0 Å². The van der Waals surface area contributed by atoms with E-state index in [0.29, 0.717) is 12.5 Å². The van der Waals surface area contributed by atoms with Gasteiger partial charge in [0.2, 0.25) is 0 Å². The highest BCUT2D eigenvalue weighted by Gasteiger charge is 2.47. The van der Waals surface area contributed by atoms with Gasteiger partial charge in [-0.2, -0.15) is 0 Å². The summed E-state index contributed by atoms with van der Waals surface area (Å²) < 4.78 is 6.63. The Kier molecular flexibility index (Phi) is 2.13. The van der Waals surface area contributed by atoms with E-state index in [1.807, 2.05) is 11.3 Å².